The van der Waals surface area contributed by atoms with Crippen molar-refractivity contribution < 1.29 is 4.79 Å². The fourth-order valence-electron chi connectivity index (χ4n) is 2.15. The Labute approximate surface area is 155 Å². The molecule has 1 heterocycles. The van der Waals surface area contributed by atoms with Gasteiger partial charge in [0.05, 0.1) is 12.4 Å². The van der Waals surface area contributed by atoms with E-state index in [1.807, 2.05) is 25.1 Å². The minimum Gasteiger partial charge on any atom is -0.339 e. The van der Waals surface area contributed by atoms with Crippen LogP contribution in [0.2, 0.25) is 10.0 Å². The van der Waals surface area contributed by atoms with E-state index in [-0.39, 0.29) is 11.6 Å². The lowest BCUT2D eigenvalue weighted by molar-refractivity contribution is 0.102. The van der Waals surface area contributed by atoms with Crippen LogP contribution in [-0.4, -0.2) is 15.9 Å². The summed E-state index contributed by atoms with van der Waals surface area (Å²) in [4.78, 5) is 20.6. The second kappa shape index (κ2) is 7.51. The summed E-state index contributed by atoms with van der Waals surface area (Å²) in [6.45, 7) is 1.91. The van der Waals surface area contributed by atoms with E-state index in [2.05, 4.69) is 20.6 Å². The predicted octanol–water partition coefficient (Wildman–Crippen LogP) is 5.09. The molecule has 2 aromatic carbocycles. The number of aromatic nitrogens is 2. The molecule has 2 N–H and O–H groups in total. The highest BCUT2D eigenvalue weighted by atomic mass is 35.5. The maximum absolute atomic E-state index is 12.2. The second-order valence-electron chi connectivity index (χ2n) is 5.29. The molecule has 0 saturated heterocycles. The van der Waals surface area contributed by atoms with Gasteiger partial charge in [0.1, 0.15) is 11.5 Å². The highest BCUT2D eigenvalue weighted by Gasteiger charge is 2.09. The van der Waals surface area contributed by atoms with Crippen LogP contribution in [0.25, 0.3) is 0 Å². The van der Waals surface area contributed by atoms with Crippen LogP contribution < -0.4 is 10.6 Å². The van der Waals surface area contributed by atoms with Crippen molar-refractivity contribution in [2.24, 2.45) is 0 Å². The number of nitrogens with zero attached hydrogens (tertiary/aromatic N) is 2. The Morgan fingerprint density at radius 2 is 1.84 bits per heavy atom. The summed E-state index contributed by atoms with van der Waals surface area (Å²) in [6.07, 6.45) is 2.90. The van der Waals surface area contributed by atoms with Crippen LogP contribution in [0.15, 0.2) is 54.9 Å². The van der Waals surface area contributed by atoms with Crippen LogP contribution in [0.4, 0.5) is 17.2 Å². The number of hydrogen-bond acceptors (Lipinski definition) is 4. The maximum Gasteiger partial charge on any atom is 0.275 e. The third-order valence-electron chi connectivity index (χ3n) is 3.50. The zero-order chi connectivity index (χ0) is 17.8. The SMILES string of the molecule is Cc1c(Cl)cccc1Nc1cnc(C(=O)Nc2cccc(Cl)c2)cn1. The fraction of sp³-hybridized carbons (Fsp3) is 0.0556. The normalized spacial score (nSPS) is 10.4. The van der Waals surface area contributed by atoms with Gasteiger partial charge in [-0.3, -0.25) is 4.79 Å². The van der Waals surface area contributed by atoms with Gasteiger partial charge in [-0.25, -0.2) is 9.97 Å². The first kappa shape index (κ1) is 17.2. The van der Waals surface area contributed by atoms with E-state index in [0.717, 1.165) is 11.3 Å². The summed E-state index contributed by atoms with van der Waals surface area (Å²) in [7, 11) is 0. The number of benzene rings is 2. The third kappa shape index (κ3) is 4.26. The number of halogens is 2. The topological polar surface area (TPSA) is 66.9 Å². The highest BCUT2D eigenvalue weighted by Crippen LogP contribution is 2.25. The minimum atomic E-state index is -0.361. The number of hydrogen-bond donors (Lipinski definition) is 2. The van der Waals surface area contributed by atoms with Gasteiger partial charge < -0.3 is 10.6 Å². The average Bonchev–Trinajstić information content (AvgIpc) is 2.59. The Morgan fingerprint density at radius 3 is 2.56 bits per heavy atom. The minimum absolute atomic E-state index is 0.202. The molecule has 0 spiro atoms. The molecule has 0 aliphatic heterocycles. The van der Waals surface area contributed by atoms with Gasteiger partial charge in [-0.2, -0.15) is 0 Å². The van der Waals surface area contributed by atoms with Gasteiger partial charge in [0.25, 0.3) is 5.91 Å². The number of rotatable bonds is 4. The smallest absolute Gasteiger partial charge is 0.275 e. The van der Waals surface area contributed by atoms with Gasteiger partial charge in [-0.1, -0.05) is 35.3 Å². The first-order chi connectivity index (χ1) is 12.0. The number of nitrogens with one attached hydrogen (secondary N) is 2. The fourth-order valence-corrected chi connectivity index (χ4v) is 2.52. The average molecular weight is 373 g/mol. The Kier molecular flexibility index (Phi) is 5.16. The Bertz CT molecular complexity index is 913. The van der Waals surface area contributed by atoms with Crippen LogP contribution in [0, 0.1) is 6.92 Å². The van der Waals surface area contributed by atoms with Crippen LogP contribution in [0.5, 0.6) is 0 Å². The van der Waals surface area contributed by atoms with Crippen LogP contribution in [-0.2, 0) is 0 Å². The molecule has 3 aromatic rings. The molecule has 0 saturated carbocycles. The molecule has 126 valence electrons. The molecule has 1 amide bonds. The predicted molar refractivity (Wildman–Crippen MR) is 101 cm³/mol. The number of amides is 1. The summed E-state index contributed by atoms with van der Waals surface area (Å²) in [5.74, 6) is 0.157. The van der Waals surface area contributed by atoms with Gasteiger partial charge in [0.15, 0.2) is 0 Å². The highest BCUT2D eigenvalue weighted by molar-refractivity contribution is 6.31. The van der Waals surface area contributed by atoms with Crippen LogP contribution >= 0.6 is 23.2 Å². The number of carbonyl (C=O) groups is 1. The van der Waals surface area contributed by atoms with Crippen molar-refractivity contribution in [3.8, 4) is 0 Å². The molecule has 0 unspecified atom stereocenters. The maximum atomic E-state index is 12.2. The molecule has 0 bridgehead atoms. The lowest BCUT2D eigenvalue weighted by Gasteiger charge is -2.10. The lowest BCUT2D eigenvalue weighted by Crippen LogP contribution is -2.14. The van der Waals surface area contributed by atoms with E-state index >= 15 is 0 Å². The van der Waals surface area contributed by atoms with Crippen molar-refractivity contribution in [3.63, 3.8) is 0 Å². The van der Waals surface area contributed by atoms with Gasteiger partial charge in [0.2, 0.25) is 0 Å². The van der Waals surface area contributed by atoms with E-state index in [1.165, 1.54) is 12.4 Å². The molecular weight excluding hydrogens is 359 g/mol. The van der Waals surface area contributed by atoms with Gasteiger partial charge in [-0.15, -0.1) is 0 Å². The van der Waals surface area contributed by atoms with Crippen LogP contribution in [0.1, 0.15) is 16.1 Å². The van der Waals surface area contributed by atoms with Crippen molar-refractivity contribution in [2.75, 3.05) is 10.6 Å². The van der Waals surface area contributed by atoms with E-state index in [4.69, 9.17) is 23.2 Å². The van der Waals surface area contributed by atoms with Gasteiger partial charge in [-0.05, 0) is 42.8 Å². The summed E-state index contributed by atoms with van der Waals surface area (Å²) in [5, 5.41) is 7.05. The van der Waals surface area contributed by atoms with E-state index < -0.39 is 0 Å². The molecule has 5 nitrogen and oxygen atoms in total. The largest absolute Gasteiger partial charge is 0.339 e. The molecule has 3 rings (SSSR count). The standard InChI is InChI=1S/C18H14Cl2N4O/c1-11-14(20)6-3-7-15(11)24-17-10-21-16(9-22-17)18(25)23-13-5-2-4-12(19)8-13/h2-10H,1H3,(H,22,24)(H,23,25). The Morgan fingerprint density at radius 1 is 1.04 bits per heavy atom. The third-order valence-corrected chi connectivity index (χ3v) is 4.14. The van der Waals surface area contributed by atoms with Crippen LogP contribution in [0.3, 0.4) is 0 Å². The van der Waals surface area contributed by atoms with Crippen molar-refractivity contribution in [1.82, 2.24) is 9.97 Å². The molecule has 0 aliphatic rings. The first-order valence-electron chi connectivity index (χ1n) is 7.44. The van der Waals surface area contributed by atoms with Crippen molar-refractivity contribution in [1.29, 1.82) is 0 Å². The van der Waals surface area contributed by atoms with E-state index in [0.29, 0.717) is 21.6 Å². The van der Waals surface area contributed by atoms with E-state index in [1.54, 1.807) is 24.3 Å². The quantitative estimate of drug-likeness (QED) is 0.669. The van der Waals surface area contributed by atoms with E-state index in [9.17, 15) is 4.79 Å². The zero-order valence-corrected chi connectivity index (χ0v) is 14.8. The molecule has 0 radical (unpaired) electrons. The molecule has 0 fully saturated rings. The molecule has 1 aromatic heterocycles. The second-order valence-corrected chi connectivity index (χ2v) is 6.13. The monoisotopic (exact) mass is 372 g/mol. The molecule has 25 heavy (non-hydrogen) atoms. The zero-order valence-electron chi connectivity index (χ0n) is 13.3. The molecule has 0 atom stereocenters. The van der Waals surface area contributed by atoms with Crippen molar-refractivity contribution in [2.45, 2.75) is 6.92 Å². The molecular formula is C18H14Cl2N4O. The summed E-state index contributed by atoms with van der Waals surface area (Å²) < 4.78 is 0. The lowest BCUT2D eigenvalue weighted by atomic mass is 10.2. The Balaban J connectivity index is 1.71. The molecule has 7 heteroatoms. The number of carbonyl (C=O) groups excluding carboxylic acids is 1. The van der Waals surface area contributed by atoms with Crippen molar-refractivity contribution >= 4 is 46.3 Å². The molecule has 0 aliphatic carbocycles. The van der Waals surface area contributed by atoms with Crippen molar-refractivity contribution in [3.05, 3.63) is 76.2 Å². The Hall–Kier alpha value is -2.63. The number of anilines is 3. The summed E-state index contributed by atoms with van der Waals surface area (Å²) in [5.41, 5.74) is 2.54. The summed E-state index contributed by atoms with van der Waals surface area (Å²) in [6, 6.07) is 12.4. The first-order valence-corrected chi connectivity index (χ1v) is 8.19. The van der Waals surface area contributed by atoms with Gasteiger partial charge >= 0.3 is 0 Å². The van der Waals surface area contributed by atoms with Gasteiger partial charge in [0, 0.05) is 21.4 Å². The summed E-state index contributed by atoms with van der Waals surface area (Å²) >= 11 is 12.0.